The van der Waals surface area contributed by atoms with Gasteiger partial charge in [-0.3, -0.25) is 9.69 Å². The van der Waals surface area contributed by atoms with Crippen LogP contribution in [0.1, 0.15) is 5.01 Å². The quantitative estimate of drug-likeness (QED) is 0.676. The Hall–Kier alpha value is -2.74. The van der Waals surface area contributed by atoms with E-state index in [0.717, 1.165) is 15.1 Å². The molecular formula is C15H13N3O4S. The van der Waals surface area contributed by atoms with Gasteiger partial charge in [0.15, 0.2) is 6.61 Å². The SMILES string of the molecule is O=C(/C=C/c1nc2ccccc2s1)OCC(=O)N1CCNC1=O. The van der Waals surface area contributed by atoms with Crippen molar-refractivity contribution in [2.45, 2.75) is 0 Å². The largest absolute Gasteiger partial charge is 0.452 e. The van der Waals surface area contributed by atoms with Crippen molar-refractivity contribution in [1.29, 1.82) is 0 Å². The smallest absolute Gasteiger partial charge is 0.331 e. The van der Waals surface area contributed by atoms with E-state index in [1.807, 2.05) is 24.3 Å². The van der Waals surface area contributed by atoms with E-state index in [-0.39, 0.29) is 6.54 Å². The minimum atomic E-state index is -0.655. The summed E-state index contributed by atoms with van der Waals surface area (Å²) >= 11 is 1.45. The Balaban J connectivity index is 1.54. The predicted molar refractivity (Wildman–Crippen MR) is 84.7 cm³/mol. The number of benzene rings is 1. The zero-order chi connectivity index (χ0) is 16.2. The minimum Gasteiger partial charge on any atom is -0.452 e. The van der Waals surface area contributed by atoms with Crippen LogP contribution < -0.4 is 5.32 Å². The van der Waals surface area contributed by atoms with Crippen molar-refractivity contribution in [3.8, 4) is 0 Å². The number of para-hydroxylation sites is 1. The van der Waals surface area contributed by atoms with Gasteiger partial charge >= 0.3 is 12.0 Å². The molecule has 1 aromatic carbocycles. The third-order valence-electron chi connectivity index (χ3n) is 3.17. The molecule has 1 N–H and O–H groups in total. The van der Waals surface area contributed by atoms with Gasteiger partial charge in [0.1, 0.15) is 5.01 Å². The molecule has 3 amide bonds. The van der Waals surface area contributed by atoms with E-state index in [9.17, 15) is 14.4 Å². The van der Waals surface area contributed by atoms with Crippen LogP contribution in [-0.2, 0) is 14.3 Å². The lowest BCUT2D eigenvalue weighted by Crippen LogP contribution is -2.37. The van der Waals surface area contributed by atoms with E-state index in [1.54, 1.807) is 6.08 Å². The molecule has 118 valence electrons. The van der Waals surface area contributed by atoms with Crippen molar-refractivity contribution in [3.05, 3.63) is 35.3 Å². The van der Waals surface area contributed by atoms with E-state index in [1.165, 1.54) is 17.4 Å². The van der Waals surface area contributed by atoms with E-state index < -0.39 is 24.5 Å². The van der Waals surface area contributed by atoms with Gasteiger partial charge in [-0.1, -0.05) is 12.1 Å². The summed E-state index contributed by atoms with van der Waals surface area (Å²) in [5, 5.41) is 3.18. The number of ether oxygens (including phenoxy) is 1. The van der Waals surface area contributed by atoms with Crippen LogP contribution in [0.4, 0.5) is 4.79 Å². The van der Waals surface area contributed by atoms with Crippen molar-refractivity contribution in [3.63, 3.8) is 0 Å². The second kappa shape index (κ2) is 6.57. The van der Waals surface area contributed by atoms with Gasteiger partial charge in [0.25, 0.3) is 5.91 Å². The number of carbonyl (C=O) groups excluding carboxylic acids is 3. The van der Waals surface area contributed by atoms with Crippen molar-refractivity contribution >= 4 is 45.5 Å². The highest BCUT2D eigenvalue weighted by molar-refractivity contribution is 7.19. The van der Waals surface area contributed by atoms with Crippen LogP contribution in [0.25, 0.3) is 16.3 Å². The molecule has 1 aromatic heterocycles. The number of amides is 3. The normalized spacial score (nSPS) is 14.4. The summed E-state index contributed by atoms with van der Waals surface area (Å²) < 4.78 is 5.86. The second-order valence-corrected chi connectivity index (χ2v) is 5.80. The summed E-state index contributed by atoms with van der Waals surface area (Å²) in [5.74, 6) is -1.20. The van der Waals surface area contributed by atoms with Gasteiger partial charge in [0.2, 0.25) is 0 Å². The number of hydrogen-bond acceptors (Lipinski definition) is 6. The second-order valence-electron chi connectivity index (χ2n) is 4.74. The highest BCUT2D eigenvalue weighted by Gasteiger charge is 2.26. The molecule has 7 nitrogen and oxygen atoms in total. The number of nitrogens with one attached hydrogen (secondary N) is 1. The Labute approximate surface area is 135 Å². The first-order valence-electron chi connectivity index (χ1n) is 6.92. The number of thiazole rings is 1. The molecule has 3 rings (SSSR count). The monoisotopic (exact) mass is 331 g/mol. The number of urea groups is 1. The summed E-state index contributed by atoms with van der Waals surface area (Å²) in [7, 11) is 0. The van der Waals surface area contributed by atoms with Crippen molar-refractivity contribution in [2.24, 2.45) is 0 Å². The third-order valence-corrected chi connectivity index (χ3v) is 4.17. The van der Waals surface area contributed by atoms with Crippen LogP contribution in [0.15, 0.2) is 30.3 Å². The van der Waals surface area contributed by atoms with E-state index in [4.69, 9.17) is 4.74 Å². The number of rotatable bonds is 4. The lowest BCUT2D eigenvalue weighted by molar-refractivity contribution is -0.146. The Morgan fingerprint density at radius 1 is 1.39 bits per heavy atom. The molecule has 8 heteroatoms. The van der Waals surface area contributed by atoms with Gasteiger partial charge in [0.05, 0.1) is 10.2 Å². The van der Waals surface area contributed by atoms with E-state index in [0.29, 0.717) is 11.6 Å². The number of esters is 1. The maximum Gasteiger partial charge on any atom is 0.331 e. The molecule has 23 heavy (non-hydrogen) atoms. The topological polar surface area (TPSA) is 88.6 Å². The first-order chi connectivity index (χ1) is 11.1. The average molecular weight is 331 g/mol. The van der Waals surface area contributed by atoms with Gasteiger partial charge < -0.3 is 10.1 Å². The van der Waals surface area contributed by atoms with Crippen LogP contribution in [0.5, 0.6) is 0 Å². The first-order valence-corrected chi connectivity index (χ1v) is 7.74. The number of fused-ring (bicyclic) bond motifs is 1. The molecule has 0 saturated carbocycles. The average Bonchev–Trinajstić information content (AvgIpc) is 3.16. The van der Waals surface area contributed by atoms with Crippen LogP contribution in [-0.4, -0.2) is 47.5 Å². The van der Waals surface area contributed by atoms with Gasteiger partial charge in [-0.05, 0) is 18.2 Å². The van der Waals surface area contributed by atoms with Gasteiger partial charge in [-0.25, -0.2) is 14.6 Å². The van der Waals surface area contributed by atoms with E-state index >= 15 is 0 Å². The van der Waals surface area contributed by atoms with E-state index in [2.05, 4.69) is 10.3 Å². The molecule has 0 radical (unpaired) electrons. The fourth-order valence-electron chi connectivity index (χ4n) is 2.07. The molecule has 2 heterocycles. The zero-order valence-corrected chi connectivity index (χ0v) is 12.8. The number of carbonyl (C=O) groups is 3. The number of nitrogens with zero attached hydrogens (tertiary/aromatic N) is 2. The Morgan fingerprint density at radius 2 is 2.22 bits per heavy atom. The standard InChI is InChI=1S/C15H13N3O4S/c19-13(18-8-7-16-15(18)21)9-22-14(20)6-5-12-17-10-3-1-2-4-11(10)23-12/h1-6H,7-9H2,(H,16,21)/b6-5+. The zero-order valence-electron chi connectivity index (χ0n) is 12.0. The number of imide groups is 1. The Kier molecular flexibility index (Phi) is 4.33. The summed E-state index contributed by atoms with van der Waals surface area (Å²) in [5.41, 5.74) is 0.862. The molecular weight excluding hydrogens is 318 g/mol. The first kappa shape index (κ1) is 15.2. The van der Waals surface area contributed by atoms with Crippen LogP contribution in [0, 0.1) is 0 Å². The third kappa shape index (κ3) is 3.54. The van der Waals surface area contributed by atoms with Crippen LogP contribution >= 0.6 is 11.3 Å². The fourth-order valence-corrected chi connectivity index (χ4v) is 2.94. The van der Waals surface area contributed by atoms with Crippen molar-refractivity contribution in [1.82, 2.24) is 15.2 Å². The highest BCUT2D eigenvalue weighted by atomic mass is 32.1. The molecule has 1 fully saturated rings. The lowest BCUT2D eigenvalue weighted by atomic mass is 10.3. The van der Waals surface area contributed by atoms with Gasteiger partial charge in [-0.2, -0.15) is 0 Å². The predicted octanol–water partition coefficient (Wildman–Crippen LogP) is 1.40. The number of hydrogen-bond donors (Lipinski definition) is 1. The molecule has 0 unspecified atom stereocenters. The highest BCUT2D eigenvalue weighted by Crippen LogP contribution is 2.22. The summed E-state index contributed by atoms with van der Waals surface area (Å²) in [6, 6.07) is 7.19. The maximum absolute atomic E-state index is 11.7. The number of aromatic nitrogens is 1. The molecule has 1 aliphatic heterocycles. The molecule has 0 bridgehead atoms. The Morgan fingerprint density at radius 3 is 2.96 bits per heavy atom. The molecule has 1 aliphatic rings. The Bertz CT molecular complexity index is 766. The van der Waals surface area contributed by atoms with Gasteiger partial charge in [0, 0.05) is 19.2 Å². The summed E-state index contributed by atoms with van der Waals surface area (Å²) in [6.07, 6.45) is 2.76. The molecule has 1 saturated heterocycles. The maximum atomic E-state index is 11.7. The van der Waals surface area contributed by atoms with Crippen molar-refractivity contribution in [2.75, 3.05) is 19.7 Å². The molecule has 0 aliphatic carbocycles. The van der Waals surface area contributed by atoms with Crippen LogP contribution in [0.2, 0.25) is 0 Å². The van der Waals surface area contributed by atoms with Crippen molar-refractivity contribution < 1.29 is 19.1 Å². The lowest BCUT2D eigenvalue weighted by Gasteiger charge is -2.11. The molecule has 2 aromatic rings. The van der Waals surface area contributed by atoms with Crippen LogP contribution in [0.3, 0.4) is 0 Å². The molecule has 0 spiro atoms. The van der Waals surface area contributed by atoms with Gasteiger partial charge in [-0.15, -0.1) is 11.3 Å². The summed E-state index contributed by atoms with van der Waals surface area (Å²) in [6.45, 7) is 0.239. The fraction of sp³-hybridized carbons (Fsp3) is 0.200. The molecule has 0 atom stereocenters. The summed E-state index contributed by atoms with van der Waals surface area (Å²) in [4.78, 5) is 40.0. The minimum absolute atomic E-state index is 0.288.